The van der Waals surface area contributed by atoms with E-state index < -0.39 is 0 Å². The third-order valence-corrected chi connectivity index (χ3v) is 3.29. The first kappa shape index (κ1) is 12.7. The smallest absolute Gasteiger partial charge is 0.123 e. The third kappa shape index (κ3) is 3.63. The molecule has 3 nitrogen and oxygen atoms in total. The molecule has 1 aromatic carbocycles. The van der Waals surface area contributed by atoms with Crippen molar-refractivity contribution in [3.63, 3.8) is 0 Å². The number of nitrogens with two attached hydrogens (primary N) is 1. The number of pyridine rings is 1. The van der Waals surface area contributed by atoms with Gasteiger partial charge in [-0.3, -0.25) is 4.98 Å². The summed E-state index contributed by atoms with van der Waals surface area (Å²) in [6.45, 7) is 0.540. The SMILES string of the molecule is Nc1cnccc1SCCOc1ccc(F)cc1. The summed E-state index contributed by atoms with van der Waals surface area (Å²) in [5.41, 5.74) is 6.44. The Morgan fingerprint density at radius 3 is 2.72 bits per heavy atom. The monoisotopic (exact) mass is 264 g/mol. The van der Waals surface area contributed by atoms with Gasteiger partial charge in [0.15, 0.2) is 0 Å². The summed E-state index contributed by atoms with van der Waals surface area (Å²) in [6, 6.07) is 7.85. The summed E-state index contributed by atoms with van der Waals surface area (Å²) >= 11 is 1.61. The van der Waals surface area contributed by atoms with Gasteiger partial charge in [0.25, 0.3) is 0 Å². The number of aromatic nitrogens is 1. The first-order valence-corrected chi connectivity index (χ1v) is 6.45. The van der Waals surface area contributed by atoms with Crippen LogP contribution in [-0.2, 0) is 0 Å². The lowest BCUT2D eigenvalue weighted by Crippen LogP contribution is -2.00. The number of ether oxygens (including phenoxy) is 1. The highest BCUT2D eigenvalue weighted by molar-refractivity contribution is 7.99. The Kier molecular flexibility index (Phi) is 4.41. The molecule has 0 amide bonds. The maximum atomic E-state index is 12.7. The van der Waals surface area contributed by atoms with Gasteiger partial charge in [-0.1, -0.05) is 0 Å². The third-order valence-electron chi connectivity index (χ3n) is 2.23. The van der Waals surface area contributed by atoms with E-state index in [0.29, 0.717) is 18.0 Å². The van der Waals surface area contributed by atoms with Crippen LogP contribution < -0.4 is 10.5 Å². The minimum absolute atomic E-state index is 0.263. The molecule has 0 atom stereocenters. The second-order valence-electron chi connectivity index (χ2n) is 3.56. The predicted octanol–water partition coefficient (Wildman–Crippen LogP) is 2.97. The van der Waals surface area contributed by atoms with E-state index in [0.717, 1.165) is 10.6 Å². The van der Waals surface area contributed by atoms with Gasteiger partial charge in [0.1, 0.15) is 11.6 Å². The van der Waals surface area contributed by atoms with Crippen molar-refractivity contribution in [1.29, 1.82) is 0 Å². The van der Waals surface area contributed by atoms with Crippen molar-refractivity contribution in [2.24, 2.45) is 0 Å². The van der Waals surface area contributed by atoms with Crippen LogP contribution in [0.1, 0.15) is 0 Å². The van der Waals surface area contributed by atoms with Gasteiger partial charge in [0.05, 0.1) is 18.5 Å². The summed E-state index contributed by atoms with van der Waals surface area (Å²) in [7, 11) is 0. The number of halogens is 1. The average Bonchev–Trinajstić information content (AvgIpc) is 2.39. The Morgan fingerprint density at radius 1 is 1.22 bits per heavy atom. The molecule has 0 bridgehead atoms. The fourth-order valence-corrected chi connectivity index (χ4v) is 2.13. The lowest BCUT2D eigenvalue weighted by Gasteiger charge is -2.07. The van der Waals surface area contributed by atoms with Gasteiger partial charge in [0, 0.05) is 16.8 Å². The number of hydrogen-bond donors (Lipinski definition) is 1. The highest BCUT2D eigenvalue weighted by Gasteiger charge is 1.99. The molecule has 0 unspecified atom stereocenters. The fraction of sp³-hybridized carbons (Fsp3) is 0.154. The molecule has 0 aliphatic carbocycles. The molecule has 1 heterocycles. The Bertz CT molecular complexity index is 505. The van der Waals surface area contributed by atoms with Gasteiger partial charge in [-0.2, -0.15) is 0 Å². The van der Waals surface area contributed by atoms with Crippen molar-refractivity contribution in [2.75, 3.05) is 18.1 Å². The second-order valence-corrected chi connectivity index (χ2v) is 4.70. The molecule has 0 spiro atoms. The van der Waals surface area contributed by atoms with Crippen molar-refractivity contribution in [3.05, 3.63) is 48.5 Å². The van der Waals surface area contributed by atoms with E-state index in [2.05, 4.69) is 4.98 Å². The molecule has 0 aliphatic rings. The van der Waals surface area contributed by atoms with Crippen LogP contribution in [-0.4, -0.2) is 17.3 Å². The van der Waals surface area contributed by atoms with Crippen molar-refractivity contribution < 1.29 is 9.13 Å². The first-order valence-electron chi connectivity index (χ1n) is 5.46. The van der Waals surface area contributed by atoms with Crippen LogP contribution in [0, 0.1) is 5.82 Å². The summed E-state index contributed by atoms with van der Waals surface area (Å²) in [5.74, 6) is 1.17. The molecular formula is C13H13FN2OS. The molecule has 0 saturated heterocycles. The molecule has 0 fully saturated rings. The lowest BCUT2D eigenvalue weighted by molar-refractivity contribution is 0.343. The average molecular weight is 264 g/mol. The number of nitrogens with zero attached hydrogens (tertiary/aromatic N) is 1. The second kappa shape index (κ2) is 6.26. The Hall–Kier alpha value is -1.75. The van der Waals surface area contributed by atoms with Crippen molar-refractivity contribution >= 4 is 17.4 Å². The molecule has 0 radical (unpaired) electrons. The topological polar surface area (TPSA) is 48.1 Å². The maximum absolute atomic E-state index is 12.7. The van der Waals surface area contributed by atoms with E-state index in [9.17, 15) is 4.39 Å². The maximum Gasteiger partial charge on any atom is 0.123 e. The zero-order valence-corrected chi connectivity index (χ0v) is 10.5. The highest BCUT2D eigenvalue weighted by Crippen LogP contribution is 2.23. The molecule has 1 aromatic heterocycles. The Balaban J connectivity index is 1.76. The molecular weight excluding hydrogens is 251 g/mol. The van der Waals surface area contributed by atoms with Crippen molar-refractivity contribution in [2.45, 2.75) is 4.90 Å². The van der Waals surface area contributed by atoms with Crippen LogP contribution in [0.3, 0.4) is 0 Å². The summed E-state index contributed by atoms with van der Waals surface area (Å²) < 4.78 is 18.1. The van der Waals surface area contributed by atoms with Crippen LogP contribution in [0.25, 0.3) is 0 Å². The molecule has 18 heavy (non-hydrogen) atoms. The van der Waals surface area contributed by atoms with Crippen LogP contribution in [0.2, 0.25) is 0 Å². The van der Waals surface area contributed by atoms with Crippen molar-refractivity contribution in [3.8, 4) is 5.75 Å². The molecule has 2 aromatic rings. The van der Waals surface area contributed by atoms with Gasteiger partial charge < -0.3 is 10.5 Å². The molecule has 94 valence electrons. The number of nitrogen functional groups attached to an aromatic ring is 1. The van der Waals surface area contributed by atoms with Gasteiger partial charge >= 0.3 is 0 Å². The summed E-state index contributed by atoms with van der Waals surface area (Å²) in [6.07, 6.45) is 3.34. The van der Waals surface area contributed by atoms with E-state index >= 15 is 0 Å². The number of rotatable bonds is 5. The van der Waals surface area contributed by atoms with E-state index in [-0.39, 0.29) is 5.82 Å². The Labute approximate surface area is 109 Å². The lowest BCUT2D eigenvalue weighted by atomic mass is 10.3. The predicted molar refractivity (Wildman–Crippen MR) is 71.3 cm³/mol. The minimum Gasteiger partial charge on any atom is -0.493 e. The van der Waals surface area contributed by atoms with Crippen LogP contribution in [0.5, 0.6) is 5.75 Å². The van der Waals surface area contributed by atoms with Crippen LogP contribution in [0.4, 0.5) is 10.1 Å². The zero-order chi connectivity index (χ0) is 12.8. The normalized spacial score (nSPS) is 10.3. The minimum atomic E-state index is -0.263. The van der Waals surface area contributed by atoms with Crippen LogP contribution in [0.15, 0.2) is 47.6 Å². The Morgan fingerprint density at radius 2 is 2.00 bits per heavy atom. The molecule has 0 aliphatic heterocycles. The molecule has 2 rings (SSSR count). The molecule has 5 heteroatoms. The van der Waals surface area contributed by atoms with E-state index in [4.69, 9.17) is 10.5 Å². The molecule has 2 N–H and O–H groups in total. The van der Waals surface area contributed by atoms with Gasteiger partial charge in [-0.25, -0.2) is 4.39 Å². The van der Waals surface area contributed by atoms with E-state index in [1.807, 2.05) is 6.07 Å². The largest absolute Gasteiger partial charge is 0.493 e. The zero-order valence-electron chi connectivity index (χ0n) is 9.67. The van der Waals surface area contributed by atoms with Gasteiger partial charge in [0.2, 0.25) is 0 Å². The molecule has 0 saturated carbocycles. The quantitative estimate of drug-likeness (QED) is 0.666. The number of thioether (sulfide) groups is 1. The first-order chi connectivity index (χ1) is 8.75. The standard InChI is InChI=1S/C13H13FN2OS/c14-10-1-3-11(4-2-10)17-7-8-18-13-5-6-16-9-12(13)15/h1-6,9H,7-8,15H2. The van der Waals surface area contributed by atoms with Gasteiger partial charge in [-0.05, 0) is 30.3 Å². The van der Waals surface area contributed by atoms with Crippen LogP contribution >= 0.6 is 11.8 Å². The fourth-order valence-electron chi connectivity index (χ4n) is 1.37. The van der Waals surface area contributed by atoms with E-state index in [1.54, 1.807) is 36.3 Å². The number of benzene rings is 1. The number of anilines is 1. The summed E-state index contributed by atoms with van der Waals surface area (Å²) in [4.78, 5) is 4.92. The van der Waals surface area contributed by atoms with Crippen molar-refractivity contribution in [1.82, 2.24) is 4.98 Å². The number of hydrogen-bond acceptors (Lipinski definition) is 4. The van der Waals surface area contributed by atoms with Gasteiger partial charge in [-0.15, -0.1) is 11.8 Å². The summed E-state index contributed by atoms with van der Waals surface area (Å²) in [5, 5.41) is 0. The highest BCUT2D eigenvalue weighted by atomic mass is 32.2. The van der Waals surface area contributed by atoms with E-state index in [1.165, 1.54) is 12.1 Å².